The van der Waals surface area contributed by atoms with Crippen LogP contribution < -0.4 is 4.74 Å². The summed E-state index contributed by atoms with van der Waals surface area (Å²) in [5.41, 5.74) is 2.65. The second-order valence-electron chi connectivity index (χ2n) is 7.98. The van der Waals surface area contributed by atoms with Crippen LogP contribution in [0.4, 0.5) is 0 Å². The predicted octanol–water partition coefficient (Wildman–Crippen LogP) is 5.63. The number of rotatable bonds is 7. The van der Waals surface area contributed by atoms with E-state index in [2.05, 4.69) is 82.4 Å². The van der Waals surface area contributed by atoms with E-state index in [0.717, 1.165) is 12.2 Å². The minimum Gasteiger partial charge on any atom is -0.496 e. The summed E-state index contributed by atoms with van der Waals surface area (Å²) >= 11 is 0. The third kappa shape index (κ3) is 5.45. The SMILES string of the molecule is COc1ccccc1C(CC(O[SiH](C)C)C(C)(C)C)c1ccccc1. The minimum atomic E-state index is -1.13. The zero-order chi connectivity index (χ0) is 18.4. The van der Waals surface area contributed by atoms with Gasteiger partial charge in [0.05, 0.1) is 13.2 Å². The highest BCUT2D eigenvalue weighted by molar-refractivity contribution is 6.48. The Bertz CT molecular complexity index is 647. The molecule has 0 saturated heterocycles. The van der Waals surface area contributed by atoms with Crippen molar-refractivity contribution in [2.75, 3.05) is 7.11 Å². The zero-order valence-electron chi connectivity index (χ0n) is 16.5. The molecule has 0 aromatic heterocycles. The van der Waals surface area contributed by atoms with Gasteiger partial charge in [-0.1, -0.05) is 69.3 Å². The summed E-state index contributed by atoms with van der Waals surface area (Å²) < 4.78 is 12.1. The molecule has 2 aromatic carbocycles. The summed E-state index contributed by atoms with van der Waals surface area (Å²) in [5.74, 6) is 1.21. The lowest BCUT2D eigenvalue weighted by molar-refractivity contribution is 0.0745. The first-order valence-corrected chi connectivity index (χ1v) is 11.9. The Morgan fingerprint density at radius 2 is 1.52 bits per heavy atom. The van der Waals surface area contributed by atoms with Gasteiger partial charge in [-0.15, -0.1) is 0 Å². The van der Waals surface area contributed by atoms with Crippen molar-refractivity contribution >= 4 is 9.04 Å². The number of hydrogen-bond donors (Lipinski definition) is 0. The van der Waals surface area contributed by atoms with Crippen molar-refractivity contribution in [2.45, 2.75) is 52.3 Å². The second kappa shape index (κ2) is 8.68. The topological polar surface area (TPSA) is 18.5 Å². The van der Waals surface area contributed by atoms with Gasteiger partial charge in [0, 0.05) is 11.5 Å². The normalized spacial score (nSPS) is 14.4. The van der Waals surface area contributed by atoms with Crippen molar-refractivity contribution in [1.29, 1.82) is 0 Å². The second-order valence-corrected chi connectivity index (χ2v) is 10.4. The average Bonchev–Trinajstić information content (AvgIpc) is 2.58. The first kappa shape index (κ1) is 19.7. The third-order valence-electron chi connectivity index (χ3n) is 4.57. The van der Waals surface area contributed by atoms with E-state index in [1.54, 1.807) is 7.11 Å². The van der Waals surface area contributed by atoms with Crippen LogP contribution in [0.5, 0.6) is 5.75 Å². The molecule has 2 nitrogen and oxygen atoms in total. The average molecular weight is 357 g/mol. The van der Waals surface area contributed by atoms with Gasteiger partial charge in [0.1, 0.15) is 5.75 Å². The van der Waals surface area contributed by atoms with Crippen molar-refractivity contribution in [3.05, 3.63) is 65.7 Å². The summed E-state index contributed by atoms with van der Waals surface area (Å²) in [7, 11) is 0.624. The molecule has 0 saturated carbocycles. The van der Waals surface area contributed by atoms with Crippen LogP contribution in [0.1, 0.15) is 44.2 Å². The van der Waals surface area contributed by atoms with Crippen LogP contribution in [0.3, 0.4) is 0 Å². The first-order chi connectivity index (χ1) is 11.8. The Hall–Kier alpha value is -1.58. The molecule has 0 N–H and O–H groups in total. The van der Waals surface area contributed by atoms with Gasteiger partial charge in [-0.3, -0.25) is 0 Å². The van der Waals surface area contributed by atoms with Gasteiger partial charge < -0.3 is 9.16 Å². The highest BCUT2D eigenvalue weighted by atomic mass is 28.3. The molecule has 2 rings (SSSR count). The number of methoxy groups -OCH3 is 1. The van der Waals surface area contributed by atoms with Crippen LogP contribution >= 0.6 is 0 Å². The number of para-hydroxylation sites is 1. The molecule has 2 aromatic rings. The summed E-state index contributed by atoms with van der Waals surface area (Å²) in [6.45, 7) is 11.3. The van der Waals surface area contributed by atoms with E-state index in [1.165, 1.54) is 11.1 Å². The molecule has 0 heterocycles. The van der Waals surface area contributed by atoms with Gasteiger partial charge in [-0.05, 0) is 36.6 Å². The van der Waals surface area contributed by atoms with Crippen molar-refractivity contribution in [1.82, 2.24) is 0 Å². The molecule has 25 heavy (non-hydrogen) atoms. The Kier molecular flexibility index (Phi) is 6.85. The van der Waals surface area contributed by atoms with Gasteiger partial charge in [-0.2, -0.15) is 0 Å². The van der Waals surface area contributed by atoms with Crippen molar-refractivity contribution in [2.24, 2.45) is 5.41 Å². The summed E-state index contributed by atoms with van der Waals surface area (Å²) in [4.78, 5) is 0. The Morgan fingerprint density at radius 1 is 0.920 bits per heavy atom. The minimum absolute atomic E-state index is 0.103. The lowest BCUT2D eigenvalue weighted by Gasteiger charge is -2.36. The van der Waals surface area contributed by atoms with Crippen LogP contribution in [0.2, 0.25) is 13.1 Å². The van der Waals surface area contributed by atoms with Gasteiger partial charge in [0.2, 0.25) is 0 Å². The van der Waals surface area contributed by atoms with Gasteiger partial charge in [-0.25, -0.2) is 0 Å². The molecular formula is C22H32O2Si. The van der Waals surface area contributed by atoms with Crippen LogP contribution in [0.25, 0.3) is 0 Å². The molecule has 0 aliphatic heterocycles. The molecule has 2 unspecified atom stereocenters. The van der Waals surface area contributed by atoms with E-state index in [4.69, 9.17) is 9.16 Å². The van der Waals surface area contributed by atoms with Crippen LogP contribution in [-0.4, -0.2) is 22.3 Å². The van der Waals surface area contributed by atoms with Gasteiger partial charge in [0.15, 0.2) is 9.04 Å². The molecule has 2 atom stereocenters. The highest BCUT2D eigenvalue weighted by Gasteiger charge is 2.31. The highest BCUT2D eigenvalue weighted by Crippen LogP contribution is 2.39. The summed E-state index contributed by atoms with van der Waals surface area (Å²) in [6, 6.07) is 19.1. The zero-order valence-corrected chi connectivity index (χ0v) is 17.6. The fourth-order valence-corrected chi connectivity index (χ4v) is 4.41. The molecule has 3 heteroatoms. The Balaban J connectivity index is 2.45. The van der Waals surface area contributed by atoms with E-state index in [-0.39, 0.29) is 17.4 Å². The molecule has 0 amide bonds. The van der Waals surface area contributed by atoms with Crippen LogP contribution in [-0.2, 0) is 4.43 Å². The molecular weight excluding hydrogens is 324 g/mol. The molecule has 136 valence electrons. The molecule has 0 fully saturated rings. The lowest BCUT2D eigenvalue weighted by atomic mass is 9.79. The number of ether oxygens (including phenoxy) is 1. The van der Waals surface area contributed by atoms with E-state index < -0.39 is 9.04 Å². The smallest absolute Gasteiger partial charge is 0.171 e. The van der Waals surface area contributed by atoms with E-state index in [9.17, 15) is 0 Å². The van der Waals surface area contributed by atoms with Crippen molar-refractivity contribution in [3.63, 3.8) is 0 Å². The maximum absolute atomic E-state index is 6.46. The van der Waals surface area contributed by atoms with E-state index >= 15 is 0 Å². The van der Waals surface area contributed by atoms with E-state index in [0.29, 0.717) is 0 Å². The maximum atomic E-state index is 6.46. The molecule has 0 spiro atoms. The maximum Gasteiger partial charge on any atom is 0.171 e. The summed E-state index contributed by atoms with van der Waals surface area (Å²) in [6.07, 6.45) is 1.17. The van der Waals surface area contributed by atoms with Crippen molar-refractivity contribution < 1.29 is 9.16 Å². The predicted molar refractivity (Wildman–Crippen MR) is 109 cm³/mol. The fraction of sp³-hybridized carbons (Fsp3) is 0.455. The fourth-order valence-electron chi connectivity index (χ4n) is 3.24. The van der Waals surface area contributed by atoms with Crippen LogP contribution in [0, 0.1) is 5.41 Å². The number of benzene rings is 2. The first-order valence-electron chi connectivity index (χ1n) is 9.16. The summed E-state index contributed by atoms with van der Waals surface area (Å²) in [5, 5.41) is 0. The van der Waals surface area contributed by atoms with E-state index in [1.807, 2.05) is 6.07 Å². The molecule has 0 radical (unpaired) electrons. The van der Waals surface area contributed by atoms with Crippen molar-refractivity contribution in [3.8, 4) is 5.75 Å². The molecule has 0 bridgehead atoms. The molecule has 0 aliphatic carbocycles. The molecule has 0 aliphatic rings. The number of hydrogen-bond acceptors (Lipinski definition) is 2. The van der Waals surface area contributed by atoms with Crippen LogP contribution in [0.15, 0.2) is 54.6 Å². The third-order valence-corrected chi connectivity index (χ3v) is 5.44. The Morgan fingerprint density at radius 3 is 2.08 bits per heavy atom. The Labute approximate surface area is 154 Å². The monoisotopic (exact) mass is 356 g/mol. The van der Waals surface area contributed by atoms with Gasteiger partial charge in [0.25, 0.3) is 0 Å². The standard InChI is InChI=1S/C22H32O2Si/c1-22(2,3)21(24-25(5)6)16-19(17-12-8-7-9-13-17)18-14-10-11-15-20(18)23-4/h7-15,19,21,25H,16H2,1-6H3. The lowest BCUT2D eigenvalue weighted by Crippen LogP contribution is -2.34. The largest absolute Gasteiger partial charge is 0.496 e. The van der Waals surface area contributed by atoms with Gasteiger partial charge >= 0.3 is 0 Å². The quantitative estimate of drug-likeness (QED) is 0.598.